The average Bonchev–Trinajstić information content (AvgIpc) is 2.30. The maximum Gasteiger partial charge on any atom is 0.0342 e. The van der Waals surface area contributed by atoms with Crippen molar-refractivity contribution in [3.63, 3.8) is 0 Å². The second-order valence-electron chi connectivity index (χ2n) is 4.54. The fourth-order valence-corrected chi connectivity index (χ4v) is 2.69. The van der Waals surface area contributed by atoms with Crippen LogP contribution in [0.2, 0.25) is 0 Å². The zero-order chi connectivity index (χ0) is 10.1. The van der Waals surface area contributed by atoms with E-state index >= 15 is 0 Å². The van der Waals surface area contributed by atoms with Gasteiger partial charge in [-0.2, -0.15) is 0 Å². The molecule has 2 heteroatoms. The third-order valence-electron chi connectivity index (χ3n) is 3.42. The molecule has 0 saturated carbocycles. The minimum absolute atomic E-state index is 0.604. The molecule has 3 rings (SSSR count). The molecule has 15 heavy (non-hydrogen) atoms. The first-order valence-corrected chi connectivity index (χ1v) is 5.79. The Bertz CT molecular complexity index is 369. The van der Waals surface area contributed by atoms with E-state index in [-0.39, 0.29) is 0 Å². The van der Waals surface area contributed by atoms with E-state index < -0.39 is 0 Å². The number of fused-ring (bicyclic) bond motifs is 2. The fourth-order valence-electron chi connectivity index (χ4n) is 2.69. The number of hydrogen-bond donors (Lipinski definition) is 1. The van der Waals surface area contributed by atoms with Gasteiger partial charge in [-0.05, 0) is 36.5 Å². The topological polar surface area (TPSA) is 24.9 Å². The van der Waals surface area contributed by atoms with Gasteiger partial charge in [-0.15, -0.1) is 0 Å². The van der Waals surface area contributed by atoms with Crippen LogP contribution < -0.4 is 5.32 Å². The van der Waals surface area contributed by atoms with Crippen molar-refractivity contribution in [3.8, 4) is 0 Å². The molecule has 1 aromatic heterocycles. The van der Waals surface area contributed by atoms with Gasteiger partial charge in [0.1, 0.15) is 0 Å². The minimum atomic E-state index is 0.604. The highest BCUT2D eigenvalue weighted by Gasteiger charge is 2.25. The Balaban J connectivity index is 1.91. The van der Waals surface area contributed by atoms with Crippen LogP contribution in [-0.2, 0) is 0 Å². The summed E-state index contributed by atoms with van der Waals surface area (Å²) in [6, 6.07) is 5.49. The fraction of sp³-hybridized carbons (Fsp3) is 0.462. The van der Waals surface area contributed by atoms with Crippen molar-refractivity contribution in [2.45, 2.75) is 37.8 Å². The lowest BCUT2D eigenvalue weighted by Gasteiger charge is -2.35. The number of nitrogens with one attached hydrogen (secondary N) is 1. The van der Waals surface area contributed by atoms with E-state index in [4.69, 9.17) is 0 Å². The van der Waals surface area contributed by atoms with Gasteiger partial charge in [-0.25, -0.2) is 0 Å². The monoisotopic (exact) mass is 200 g/mol. The summed E-state index contributed by atoms with van der Waals surface area (Å²) in [4.78, 5) is 4.19. The van der Waals surface area contributed by atoms with Crippen LogP contribution in [0, 0.1) is 0 Å². The lowest BCUT2D eigenvalue weighted by Crippen LogP contribution is -2.44. The Kier molecular flexibility index (Phi) is 2.29. The van der Waals surface area contributed by atoms with Crippen LogP contribution in [0.25, 0.3) is 5.57 Å². The van der Waals surface area contributed by atoms with Gasteiger partial charge in [0.25, 0.3) is 0 Å². The molecule has 0 radical (unpaired) electrons. The molecular weight excluding hydrogens is 184 g/mol. The van der Waals surface area contributed by atoms with Gasteiger partial charge in [0.2, 0.25) is 0 Å². The van der Waals surface area contributed by atoms with Crippen LogP contribution in [-0.4, -0.2) is 17.1 Å². The number of aromatic nitrogens is 1. The van der Waals surface area contributed by atoms with Gasteiger partial charge in [0.15, 0.2) is 0 Å². The summed E-state index contributed by atoms with van der Waals surface area (Å²) in [7, 11) is 0. The van der Waals surface area contributed by atoms with Crippen LogP contribution in [0.1, 0.15) is 31.2 Å². The highest BCUT2D eigenvalue weighted by atomic mass is 15.0. The number of hydrogen-bond acceptors (Lipinski definition) is 2. The Morgan fingerprint density at radius 1 is 1.33 bits per heavy atom. The predicted molar refractivity (Wildman–Crippen MR) is 61.4 cm³/mol. The molecular formula is C13H16N2. The quantitative estimate of drug-likeness (QED) is 0.753. The van der Waals surface area contributed by atoms with Crippen molar-refractivity contribution >= 4 is 5.57 Å². The molecule has 0 unspecified atom stereocenters. The Morgan fingerprint density at radius 3 is 3.13 bits per heavy atom. The van der Waals surface area contributed by atoms with Gasteiger partial charge < -0.3 is 5.32 Å². The summed E-state index contributed by atoms with van der Waals surface area (Å²) in [6.07, 6.45) is 11.4. The molecule has 0 spiro atoms. The van der Waals surface area contributed by atoms with E-state index in [1.165, 1.54) is 36.8 Å². The largest absolute Gasteiger partial charge is 0.307 e. The van der Waals surface area contributed by atoms with E-state index in [2.05, 4.69) is 22.4 Å². The zero-order valence-corrected chi connectivity index (χ0v) is 8.82. The first-order valence-electron chi connectivity index (χ1n) is 5.79. The van der Waals surface area contributed by atoms with E-state index in [0.29, 0.717) is 12.1 Å². The van der Waals surface area contributed by atoms with Crippen LogP contribution >= 0.6 is 0 Å². The Hall–Kier alpha value is -1.15. The minimum Gasteiger partial charge on any atom is -0.307 e. The second kappa shape index (κ2) is 3.78. The predicted octanol–water partition coefficient (Wildman–Crippen LogP) is 2.38. The molecule has 0 aromatic carbocycles. The van der Waals surface area contributed by atoms with Gasteiger partial charge in [0.05, 0.1) is 0 Å². The molecule has 1 N–H and O–H groups in total. The summed E-state index contributed by atoms with van der Waals surface area (Å²) in [6.45, 7) is 0. The molecule has 2 atom stereocenters. The third-order valence-corrected chi connectivity index (χ3v) is 3.42. The summed E-state index contributed by atoms with van der Waals surface area (Å²) in [5, 5.41) is 3.66. The van der Waals surface area contributed by atoms with Crippen molar-refractivity contribution in [1.82, 2.24) is 10.3 Å². The molecule has 2 aliphatic heterocycles. The van der Waals surface area contributed by atoms with Gasteiger partial charge in [-0.3, -0.25) is 4.98 Å². The summed E-state index contributed by atoms with van der Waals surface area (Å²) in [5.41, 5.74) is 2.78. The molecule has 0 amide bonds. The van der Waals surface area contributed by atoms with Crippen molar-refractivity contribution < 1.29 is 0 Å². The number of nitrogens with zero attached hydrogens (tertiary/aromatic N) is 1. The summed E-state index contributed by atoms with van der Waals surface area (Å²) < 4.78 is 0. The van der Waals surface area contributed by atoms with Crippen LogP contribution in [0.3, 0.4) is 0 Å². The maximum absolute atomic E-state index is 4.19. The van der Waals surface area contributed by atoms with Crippen molar-refractivity contribution in [1.29, 1.82) is 0 Å². The van der Waals surface area contributed by atoms with Gasteiger partial charge in [-0.1, -0.05) is 18.6 Å². The zero-order valence-electron chi connectivity index (χ0n) is 8.82. The van der Waals surface area contributed by atoms with Crippen molar-refractivity contribution in [3.05, 3.63) is 36.2 Å². The molecule has 2 bridgehead atoms. The second-order valence-corrected chi connectivity index (χ2v) is 4.54. The highest BCUT2D eigenvalue weighted by Crippen LogP contribution is 2.30. The molecule has 1 fully saturated rings. The van der Waals surface area contributed by atoms with Gasteiger partial charge >= 0.3 is 0 Å². The van der Waals surface area contributed by atoms with Crippen molar-refractivity contribution in [2.24, 2.45) is 0 Å². The lowest BCUT2D eigenvalue weighted by molar-refractivity contribution is 0.348. The first kappa shape index (κ1) is 9.10. The smallest absolute Gasteiger partial charge is 0.0342 e. The highest BCUT2D eigenvalue weighted by molar-refractivity contribution is 5.67. The van der Waals surface area contributed by atoms with Crippen LogP contribution in [0.15, 0.2) is 30.6 Å². The third kappa shape index (κ3) is 1.82. The maximum atomic E-state index is 4.19. The van der Waals surface area contributed by atoms with E-state index in [1.807, 2.05) is 18.5 Å². The molecule has 2 aliphatic rings. The summed E-state index contributed by atoms with van der Waals surface area (Å²) >= 11 is 0. The van der Waals surface area contributed by atoms with Crippen LogP contribution in [0.5, 0.6) is 0 Å². The number of pyridine rings is 1. The normalized spacial score (nSPS) is 29.7. The molecule has 1 saturated heterocycles. The standard InChI is InChI=1S/C13H16N2/c1-4-12-7-11(8-13(5-1)15-12)10-3-2-6-14-9-10/h2-3,6-7,9,12-13,15H,1,4-5,8H2/t12-,13+/m0/s1. The molecule has 3 heterocycles. The van der Waals surface area contributed by atoms with Crippen molar-refractivity contribution in [2.75, 3.05) is 0 Å². The van der Waals surface area contributed by atoms with E-state index in [0.717, 1.165) is 0 Å². The van der Waals surface area contributed by atoms with E-state index in [1.54, 1.807) is 0 Å². The number of rotatable bonds is 1. The molecule has 1 aromatic rings. The van der Waals surface area contributed by atoms with Crippen LogP contribution in [0.4, 0.5) is 0 Å². The first-order chi connectivity index (χ1) is 7.42. The molecule has 2 nitrogen and oxygen atoms in total. The Morgan fingerprint density at radius 2 is 2.33 bits per heavy atom. The summed E-state index contributed by atoms with van der Waals surface area (Å²) in [5.74, 6) is 0. The van der Waals surface area contributed by atoms with Gasteiger partial charge in [0, 0.05) is 24.5 Å². The number of piperidine rings is 1. The SMILES string of the molecule is C1=C(c2cccnc2)C[C@H]2CCC[C@@H]1N2. The lowest BCUT2D eigenvalue weighted by atomic mass is 9.85. The molecule has 78 valence electrons. The average molecular weight is 200 g/mol. The Labute approximate surface area is 90.4 Å². The van der Waals surface area contributed by atoms with E-state index in [9.17, 15) is 0 Å². The molecule has 0 aliphatic carbocycles.